The number of hydrogen-bond donors (Lipinski definition) is 1. The zero-order valence-electron chi connectivity index (χ0n) is 17.5. The fraction of sp³-hybridized carbons (Fsp3) is 0.381. The average molecular weight is 425 g/mol. The standard InChI is InChI=1S/C21H25ClN8/c1-13(2)5-6-16-12-29(28-27-16)20-10-23-18(7-19(20)26-14(3)4)17-9-25-30-11-15(22)8-24-21(17)30/h7-14H,5-6H2,1-4H3,(H,23,26). The molecule has 0 fully saturated rings. The second kappa shape index (κ2) is 8.39. The van der Waals surface area contributed by atoms with Crippen LogP contribution in [-0.4, -0.2) is 40.6 Å². The van der Waals surface area contributed by atoms with Crippen LogP contribution in [0, 0.1) is 5.92 Å². The predicted octanol–water partition coefficient (Wildman–Crippen LogP) is 4.43. The van der Waals surface area contributed by atoms with Gasteiger partial charge in [-0.15, -0.1) is 5.10 Å². The Labute approximate surface area is 180 Å². The van der Waals surface area contributed by atoms with Crippen LogP contribution in [0.1, 0.15) is 39.8 Å². The molecule has 0 saturated carbocycles. The molecule has 1 N–H and O–H groups in total. The minimum absolute atomic E-state index is 0.240. The van der Waals surface area contributed by atoms with E-state index in [1.807, 2.05) is 12.3 Å². The molecule has 0 aliphatic carbocycles. The summed E-state index contributed by atoms with van der Waals surface area (Å²) in [5, 5.41) is 17.0. The van der Waals surface area contributed by atoms with E-state index in [2.05, 4.69) is 58.4 Å². The number of anilines is 1. The molecule has 9 heteroatoms. The minimum atomic E-state index is 0.240. The summed E-state index contributed by atoms with van der Waals surface area (Å²) in [6, 6.07) is 2.24. The molecular formula is C21H25ClN8. The summed E-state index contributed by atoms with van der Waals surface area (Å²) in [7, 11) is 0. The minimum Gasteiger partial charge on any atom is -0.381 e. The van der Waals surface area contributed by atoms with Crippen molar-refractivity contribution in [2.75, 3.05) is 5.32 Å². The molecule has 4 rings (SSSR count). The van der Waals surface area contributed by atoms with Gasteiger partial charge >= 0.3 is 0 Å². The highest BCUT2D eigenvalue weighted by Crippen LogP contribution is 2.28. The van der Waals surface area contributed by atoms with E-state index in [9.17, 15) is 0 Å². The lowest BCUT2D eigenvalue weighted by Gasteiger charge is -2.15. The first kappa shape index (κ1) is 20.3. The fourth-order valence-electron chi connectivity index (χ4n) is 3.20. The topological polar surface area (TPSA) is 85.8 Å². The zero-order valence-corrected chi connectivity index (χ0v) is 18.3. The number of rotatable bonds is 7. The highest BCUT2D eigenvalue weighted by Gasteiger charge is 2.15. The Morgan fingerprint density at radius 2 is 1.90 bits per heavy atom. The van der Waals surface area contributed by atoms with Gasteiger partial charge in [-0.25, -0.2) is 14.2 Å². The summed E-state index contributed by atoms with van der Waals surface area (Å²) in [6.07, 6.45) is 10.9. The summed E-state index contributed by atoms with van der Waals surface area (Å²) in [5.74, 6) is 0.628. The molecule has 4 aromatic rings. The van der Waals surface area contributed by atoms with Gasteiger partial charge in [0.25, 0.3) is 0 Å². The molecule has 0 radical (unpaired) electrons. The van der Waals surface area contributed by atoms with Gasteiger partial charge in [0.2, 0.25) is 0 Å². The van der Waals surface area contributed by atoms with Crippen molar-refractivity contribution >= 4 is 22.9 Å². The monoisotopic (exact) mass is 424 g/mol. The maximum absolute atomic E-state index is 6.02. The van der Waals surface area contributed by atoms with E-state index in [1.54, 1.807) is 34.0 Å². The highest BCUT2D eigenvalue weighted by atomic mass is 35.5. The van der Waals surface area contributed by atoms with Crippen LogP contribution in [0.4, 0.5) is 5.69 Å². The van der Waals surface area contributed by atoms with Gasteiger partial charge in [0.1, 0.15) is 5.69 Å². The Morgan fingerprint density at radius 1 is 1.07 bits per heavy atom. The summed E-state index contributed by atoms with van der Waals surface area (Å²) >= 11 is 6.02. The van der Waals surface area contributed by atoms with E-state index < -0.39 is 0 Å². The molecule has 0 unspecified atom stereocenters. The third-order valence-corrected chi connectivity index (χ3v) is 4.89. The van der Waals surface area contributed by atoms with Crippen LogP contribution >= 0.6 is 11.6 Å². The number of fused-ring (bicyclic) bond motifs is 1. The third kappa shape index (κ3) is 4.28. The van der Waals surface area contributed by atoms with Crippen molar-refractivity contribution in [2.45, 2.75) is 46.6 Å². The van der Waals surface area contributed by atoms with Crippen LogP contribution in [-0.2, 0) is 6.42 Å². The van der Waals surface area contributed by atoms with Gasteiger partial charge in [-0.1, -0.05) is 30.7 Å². The number of hydrogen-bond acceptors (Lipinski definition) is 6. The summed E-state index contributed by atoms with van der Waals surface area (Å²) < 4.78 is 3.44. The molecule has 156 valence electrons. The summed E-state index contributed by atoms with van der Waals surface area (Å²) in [6.45, 7) is 8.61. The van der Waals surface area contributed by atoms with Crippen molar-refractivity contribution in [1.82, 2.24) is 34.6 Å². The number of aryl methyl sites for hydroxylation is 1. The maximum atomic E-state index is 6.02. The van der Waals surface area contributed by atoms with Crippen molar-refractivity contribution < 1.29 is 0 Å². The van der Waals surface area contributed by atoms with Crippen LogP contribution in [0.3, 0.4) is 0 Å². The fourth-order valence-corrected chi connectivity index (χ4v) is 3.35. The van der Waals surface area contributed by atoms with E-state index in [0.29, 0.717) is 16.6 Å². The maximum Gasteiger partial charge on any atom is 0.164 e. The predicted molar refractivity (Wildman–Crippen MR) is 118 cm³/mol. The number of nitrogens with one attached hydrogen (secondary N) is 1. The molecule has 0 saturated heterocycles. The van der Waals surface area contributed by atoms with Crippen molar-refractivity contribution in [2.24, 2.45) is 5.92 Å². The van der Waals surface area contributed by atoms with Crippen LogP contribution in [0.5, 0.6) is 0 Å². The second-order valence-corrected chi connectivity index (χ2v) is 8.51. The molecular weight excluding hydrogens is 400 g/mol. The average Bonchev–Trinajstić information content (AvgIpc) is 3.32. The summed E-state index contributed by atoms with van der Waals surface area (Å²) in [4.78, 5) is 9.07. The van der Waals surface area contributed by atoms with Crippen molar-refractivity contribution in [1.29, 1.82) is 0 Å². The van der Waals surface area contributed by atoms with E-state index in [1.165, 1.54) is 0 Å². The normalized spacial score (nSPS) is 11.7. The molecule has 0 amide bonds. The molecule has 0 atom stereocenters. The smallest absolute Gasteiger partial charge is 0.164 e. The van der Waals surface area contributed by atoms with Crippen LogP contribution in [0.15, 0.2) is 37.1 Å². The van der Waals surface area contributed by atoms with Crippen LogP contribution in [0.2, 0.25) is 5.02 Å². The van der Waals surface area contributed by atoms with Gasteiger partial charge in [-0.05, 0) is 38.7 Å². The molecule has 4 heterocycles. The first-order valence-corrected chi connectivity index (χ1v) is 10.5. The highest BCUT2D eigenvalue weighted by molar-refractivity contribution is 6.30. The second-order valence-electron chi connectivity index (χ2n) is 8.07. The van der Waals surface area contributed by atoms with E-state index in [-0.39, 0.29) is 6.04 Å². The van der Waals surface area contributed by atoms with E-state index in [4.69, 9.17) is 11.6 Å². The Bertz CT molecular complexity index is 1160. The van der Waals surface area contributed by atoms with Crippen molar-refractivity contribution in [3.63, 3.8) is 0 Å². The quantitative estimate of drug-likeness (QED) is 0.472. The molecule has 0 aliphatic heterocycles. The Hall–Kier alpha value is -3.00. The lowest BCUT2D eigenvalue weighted by Crippen LogP contribution is -2.13. The largest absolute Gasteiger partial charge is 0.381 e. The number of nitrogens with zero attached hydrogens (tertiary/aromatic N) is 7. The first-order valence-electron chi connectivity index (χ1n) is 10.1. The van der Waals surface area contributed by atoms with Crippen LogP contribution < -0.4 is 5.32 Å². The first-order chi connectivity index (χ1) is 14.4. The van der Waals surface area contributed by atoms with Gasteiger partial charge in [0.05, 0.1) is 52.4 Å². The van der Waals surface area contributed by atoms with E-state index in [0.717, 1.165) is 41.2 Å². The number of aromatic nitrogens is 7. The lowest BCUT2D eigenvalue weighted by atomic mass is 10.1. The van der Waals surface area contributed by atoms with Crippen molar-refractivity contribution in [3.8, 4) is 16.9 Å². The molecule has 0 spiro atoms. The van der Waals surface area contributed by atoms with E-state index >= 15 is 0 Å². The number of pyridine rings is 1. The van der Waals surface area contributed by atoms with Crippen molar-refractivity contribution in [3.05, 3.63) is 47.8 Å². The molecule has 0 aromatic carbocycles. The molecule has 0 aliphatic rings. The van der Waals surface area contributed by atoms with Crippen LogP contribution in [0.25, 0.3) is 22.6 Å². The summed E-state index contributed by atoms with van der Waals surface area (Å²) in [5.41, 5.74) is 5.05. The van der Waals surface area contributed by atoms with Gasteiger partial charge in [0.15, 0.2) is 5.65 Å². The number of halogens is 1. The molecule has 30 heavy (non-hydrogen) atoms. The molecule has 8 nitrogen and oxygen atoms in total. The third-order valence-electron chi connectivity index (χ3n) is 4.69. The Kier molecular flexibility index (Phi) is 5.67. The van der Waals surface area contributed by atoms with Gasteiger partial charge in [0, 0.05) is 12.2 Å². The Balaban J connectivity index is 1.72. The van der Waals surface area contributed by atoms with Gasteiger partial charge in [-0.2, -0.15) is 5.10 Å². The zero-order chi connectivity index (χ0) is 21.3. The Morgan fingerprint density at radius 3 is 2.67 bits per heavy atom. The van der Waals surface area contributed by atoms with Gasteiger partial charge < -0.3 is 5.32 Å². The SMILES string of the molecule is CC(C)CCc1cn(-c2cnc(-c3cnn4cc(Cl)cnc34)cc2NC(C)C)nn1. The lowest BCUT2D eigenvalue weighted by molar-refractivity contribution is 0.581. The van der Waals surface area contributed by atoms with Gasteiger partial charge in [-0.3, -0.25) is 4.98 Å². The molecule has 0 bridgehead atoms. The molecule has 4 aromatic heterocycles.